The lowest BCUT2D eigenvalue weighted by atomic mass is 10.2. The minimum absolute atomic E-state index is 0.475. The zero-order valence-corrected chi connectivity index (χ0v) is 13.8. The summed E-state index contributed by atoms with van der Waals surface area (Å²) in [7, 11) is 6.24. The van der Waals surface area contributed by atoms with E-state index in [1.807, 2.05) is 6.20 Å². The summed E-state index contributed by atoms with van der Waals surface area (Å²) in [6.45, 7) is 9.22. The first-order valence-electron chi connectivity index (χ1n) is 7.32. The molecular weight excluding hydrogens is 250 g/mol. The number of nitrogens with zero attached hydrogens (tertiary/aromatic N) is 4. The molecular formula is C15H29N5. The molecule has 114 valence electrons. The van der Waals surface area contributed by atoms with Crippen LogP contribution in [0.15, 0.2) is 6.20 Å². The molecule has 0 saturated heterocycles. The van der Waals surface area contributed by atoms with Gasteiger partial charge in [0.1, 0.15) is 0 Å². The zero-order chi connectivity index (χ0) is 15.1. The van der Waals surface area contributed by atoms with Gasteiger partial charge in [0.25, 0.3) is 0 Å². The molecule has 1 aromatic heterocycles. The highest BCUT2D eigenvalue weighted by Crippen LogP contribution is 2.10. The number of hydrogen-bond acceptors (Lipinski definition) is 5. The van der Waals surface area contributed by atoms with Gasteiger partial charge in [-0.1, -0.05) is 13.8 Å². The second kappa shape index (κ2) is 8.17. The zero-order valence-electron chi connectivity index (χ0n) is 13.8. The Morgan fingerprint density at radius 2 is 1.90 bits per heavy atom. The van der Waals surface area contributed by atoms with Gasteiger partial charge in [0, 0.05) is 43.6 Å². The van der Waals surface area contributed by atoms with Crippen LogP contribution in [0.5, 0.6) is 0 Å². The second-order valence-electron chi connectivity index (χ2n) is 5.89. The summed E-state index contributed by atoms with van der Waals surface area (Å²) in [6, 6.07) is 0.475. The van der Waals surface area contributed by atoms with E-state index in [9.17, 15) is 0 Å². The van der Waals surface area contributed by atoms with E-state index in [1.165, 1.54) is 5.56 Å². The molecule has 0 aliphatic rings. The van der Waals surface area contributed by atoms with Crippen molar-refractivity contribution in [2.45, 2.75) is 39.8 Å². The van der Waals surface area contributed by atoms with Crippen LogP contribution >= 0.6 is 0 Å². The Balaban J connectivity index is 2.57. The molecule has 0 aliphatic carbocycles. The SMILES string of the molecule is Cc1nc(N(C)CCCN(C)C)ncc1CNC(C)C. The molecule has 20 heavy (non-hydrogen) atoms. The van der Waals surface area contributed by atoms with Crippen molar-refractivity contribution in [1.29, 1.82) is 0 Å². The standard InChI is InChI=1S/C15H29N5/c1-12(2)16-10-14-11-17-15(18-13(14)3)20(6)9-7-8-19(4)5/h11-12,16H,7-10H2,1-6H3. The molecule has 5 nitrogen and oxygen atoms in total. The summed E-state index contributed by atoms with van der Waals surface area (Å²) in [5, 5.41) is 3.40. The Kier molecular flexibility index (Phi) is 6.88. The number of aromatic nitrogens is 2. The highest BCUT2D eigenvalue weighted by molar-refractivity contribution is 5.31. The highest BCUT2D eigenvalue weighted by Gasteiger charge is 2.08. The molecule has 1 rings (SSSR count). The number of anilines is 1. The average molecular weight is 279 g/mol. The third kappa shape index (κ3) is 5.84. The van der Waals surface area contributed by atoms with Crippen LogP contribution in [0.1, 0.15) is 31.5 Å². The third-order valence-electron chi connectivity index (χ3n) is 3.21. The number of hydrogen-bond donors (Lipinski definition) is 1. The maximum Gasteiger partial charge on any atom is 0.225 e. The van der Waals surface area contributed by atoms with Gasteiger partial charge >= 0.3 is 0 Å². The lowest BCUT2D eigenvalue weighted by Gasteiger charge is -2.19. The highest BCUT2D eigenvalue weighted by atomic mass is 15.2. The minimum Gasteiger partial charge on any atom is -0.344 e. The van der Waals surface area contributed by atoms with Crippen molar-refractivity contribution in [2.24, 2.45) is 0 Å². The van der Waals surface area contributed by atoms with Crippen molar-refractivity contribution in [3.8, 4) is 0 Å². The normalized spacial score (nSPS) is 11.4. The van der Waals surface area contributed by atoms with Gasteiger partial charge in [-0.25, -0.2) is 9.97 Å². The number of nitrogens with one attached hydrogen (secondary N) is 1. The van der Waals surface area contributed by atoms with Gasteiger partial charge in [0.2, 0.25) is 5.95 Å². The van der Waals surface area contributed by atoms with Gasteiger partial charge in [-0.15, -0.1) is 0 Å². The van der Waals surface area contributed by atoms with Gasteiger partial charge in [-0.2, -0.15) is 0 Å². The molecule has 1 heterocycles. The van der Waals surface area contributed by atoms with E-state index in [1.54, 1.807) is 0 Å². The van der Waals surface area contributed by atoms with E-state index >= 15 is 0 Å². The Morgan fingerprint density at radius 3 is 2.45 bits per heavy atom. The minimum atomic E-state index is 0.475. The van der Waals surface area contributed by atoms with E-state index in [4.69, 9.17) is 0 Å². The monoisotopic (exact) mass is 279 g/mol. The summed E-state index contributed by atoms with van der Waals surface area (Å²) in [4.78, 5) is 13.4. The first-order chi connectivity index (χ1) is 9.40. The number of aryl methyl sites for hydroxylation is 1. The number of rotatable bonds is 8. The molecule has 1 N–H and O–H groups in total. The third-order valence-corrected chi connectivity index (χ3v) is 3.21. The summed E-state index contributed by atoms with van der Waals surface area (Å²) < 4.78 is 0. The first kappa shape index (κ1) is 16.9. The maximum absolute atomic E-state index is 4.61. The predicted octanol–water partition coefficient (Wildman–Crippen LogP) is 1.67. The molecule has 1 aromatic rings. The maximum atomic E-state index is 4.61. The first-order valence-corrected chi connectivity index (χ1v) is 7.32. The molecule has 0 bridgehead atoms. The molecule has 0 atom stereocenters. The van der Waals surface area contributed by atoms with Crippen LogP contribution in [-0.4, -0.2) is 55.1 Å². The predicted molar refractivity (Wildman–Crippen MR) is 85.2 cm³/mol. The molecule has 0 amide bonds. The smallest absolute Gasteiger partial charge is 0.225 e. The summed E-state index contributed by atoms with van der Waals surface area (Å²) in [5.41, 5.74) is 2.23. The quantitative estimate of drug-likeness (QED) is 0.784. The van der Waals surface area contributed by atoms with Gasteiger partial charge in [0.15, 0.2) is 0 Å². The Hall–Kier alpha value is -1.20. The van der Waals surface area contributed by atoms with E-state index < -0.39 is 0 Å². The molecule has 0 fully saturated rings. The lowest BCUT2D eigenvalue weighted by Crippen LogP contribution is -2.26. The van der Waals surface area contributed by atoms with Crippen molar-refractivity contribution in [2.75, 3.05) is 39.1 Å². The van der Waals surface area contributed by atoms with E-state index in [-0.39, 0.29) is 0 Å². The van der Waals surface area contributed by atoms with E-state index in [0.717, 1.165) is 37.7 Å². The van der Waals surface area contributed by atoms with E-state index in [0.29, 0.717) is 6.04 Å². The molecule has 0 aliphatic heterocycles. The van der Waals surface area contributed by atoms with Crippen LogP contribution in [0.3, 0.4) is 0 Å². The van der Waals surface area contributed by atoms with Gasteiger partial charge in [-0.3, -0.25) is 0 Å². The fourth-order valence-corrected chi connectivity index (χ4v) is 1.88. The molecule has 0 saturated carbocycles. The van der Waals surface area contributed by atoms with Gasteiger partial charge < -0.3 is 15.1 Å². The molecule has 5 heteroatoms. The topological polar surface area (TPSA) is 44.3 Å². The van der Waals surface area contributed by atoms with E-state index in [2.05, 4.69) is 67.0 Å². The lowest BCUT2D eigenvalue weighted by molar-refractivity contribution is 0.401. The van der Waals surface area contributed by atoms with Crippen molar-refractivity contribution in [3.05, 3.63) is 17.5 Å². The van der Waals surface area contributed by atoms with Crippen molar-refractivity contribution in [1.82, 2.24) is 20.2 Å². The molecule has 0 unspecified atom stereocenters. The molecule has 0 radical (unpaired) electrons. The summed E-state index contributed by atoms with van der Waals surface area (Å²) in [6.07, 6.45) is 3.05. The van der Waals surface area contributed by atoms with Gasteiger partial charge in [0.05, 0.1) is 0 Å². The molecule has 0 spiro atoms. The Morgan fingerprint density at radius 1 is 1.20 bits per heavy atom. The van der Waals surface area contributed by atoms with Crippen molar-refractivity contribution in [3.63, 3.8) is 0 Å². The van der Waals surface area contributed by atoms with Crippen molar-refractivity contribution >= 4 is 5.95 Å². The average Bonchev–Trinajstić information content (AvgIpc) is 2.36. The van der Waals surface area contributed by atoms with Crippen molar-refractivity contribution < 1.29 is 0 Å². The fourth-order valence-electron chi connectivity index (χ4n) is 1.88. The Labute approximate surface area is 123 Å². The fraction of sp³-hybridized carbons (Fsp3) is 0.733. The second-order valence-corrected chi connectivity index (χ2v) is 5.89. The molecule has 0 aromatic carbocycles. The van der Waals surface area contributed by atoms with Gasteiger partial charge in [-0.05, 0) is 34.0 Å². The van der Waals surface area contributed by atoms with Crippen LogP contribution < -0.4 is 10.2 Å². The summed E-state index contributed by atoms with van der Waals surface area (Å²) in [5.74, 6) is 0.814. The largest absolute Gasteiger partial charge is 0.344 e. The summed E-state index contributed by atoms with van der Waals surface area (Å²) >= 11 is 0. The van der Waals surface area contributed by atoms with Crippen LogP contribution in [0.4, 0.5) is 5.95 Å². The van der Waals surface area contributed by atoms with Crippen LogP contribution in [-0.2, 0) is 6.54 Å². The van der Waals surface area contributed by atoms with Crippen LogP contribution in [0.25, 0.3) is 0 Å². The Bertz CT molecular complexity index is 403. The van der Waals surface area contributed by atoms with Crippen LogP contribution in [0.2, 0.25) is 0 Å². The van der Waals surface area contributed by atoms with Crippen LogP contribution in [0, 0.1) is 6.92 Å².